The zero-order chi connectivity index (χ0) is 13.8. The molecule has 19 heavy (non-hydrogen) atoms. The predicted octanol–water partition coefficient (Wildman–Crippen LogP) is 3.58. The molecule has 4 nitrogen and oxygen atoms in total. The molecule has 0 bridgehead atoms. The Hall–Kier alpha value is -1.03. The lowest BCUT2D eigenvalue weighted by Crippen LogP contribution is -2.29. The number of hydrogen-bond acceptors (Lipinski definition) is 4. The first kappa shape index (κ1) is 14.4. The van der Waals surface area contributed by atoms with Gasteiger partial charge in [0.1, 0.15) is 5.02 Å². The minimum atomic E-state index is 0.612. The van der Waals surface area contributed by atoms with Crippen LogP contribution >= 0.6 is 11.6 Å². The van der Waals surface area contributed by atoms with E-state index in [0.717, 1.165) is 25.3 Å². The van der Waals surface area contributed by atoms with Crippen LogP contribution in [0.2, 0.25) is 5.02 Å². The molecule has 1 aromatic rings. The number of hydrogen-bond donors (Lipinski definition) is 1. The lowest BCUT2D eigenvalue weighted by molar-refractivity contribution is 0.568. The van der Waals surface area contributed by atoms with Gasteiger partial charge in [0.25, 0.3) is 0 Å². The minimum Gasteiger partial charge on any atom is -0.354 e. The molecule has 0 aliphatic heterocycles. The van der Waals surface area contributed by atoms with Crippen molar-refractivity contribution in [2.24, 2.45) is 5.92 Å². The van der Waals surface area contributed by atoms with Crippen LogP contribution in [0, 0.1) is 5.92 Å². The third kappa shape index (κ3) is 3.96. The highest BCUT2D eigenvalue weighted by Gasteiger charge is 2.31. The van der Waals surface area contributed by atoms with Crippen molar-refractivity contribution < 1.29 is 0 Å². The van der Waals surface area contributed by atoms with Crippen molar-refractivity contribution in [1.29, 1.82) is 0 Å². The summed E-state index contributed by atoms with van der Waals surface area (Å²) in [5.74, 6) is 2.24. The van der Waals surface area contributed by atoms with Gasteiger partial charge in [-0.15, -0.1) is 0 Å². The molecule has 0 amide bonds. The molecule has 1 aliphatic carbocycles. The molecule has 0 radical (unpaired) electrons. The summed E-state index contributed by atoms with van der Waals surface area (Å²) in [4.78, 5) is 11.1. The van der Waals surface area contributed by atoms with E-state index in [1.165, 1.54) is 12.8 Å². The lowest BCUT2D eigenvalue weighted by Gasteiger charge is -2.25. The van der Waals surface area contributed by atoms with E-state index in [9.17, 15) is 0 Å². The second-order valence-electron chi connectivity index (χ2n) is 5.50. The molecule has 1 saturated carbocycles. The lowest BCUT2D eigenvalue weighted by atomic mass is 10.1. The Bertz CT molecular complexity index is 418. The van der Waals surface area contributed by atoms with E-state index in [4.69, 9.17) is 11.6 Å². The maximum absolute atomic E-state index is 6.28. The Morgan fingerprint density at radius 3 is 2.79 bits per heavy atom. The van der Waals surface area contributed by atoms with Crippen LogP contribution in [-0.4, -0.2) is 29.1 Å². The fraction of sp³-hybridized carbons (Fsp3) is 0.714. The van der Waals surface area contributed by atoms with E-state index in [2.05, 4.69) is 34.0 Å². The van der Waals surface area contributed by atoms with Gasteiger partial charge in [0, 0.05) is 19.1 Å². The molecule has 1 heterocycles. The van der Waals surface area contributed by atoms with Crippen molar-refractivity contribution in [3.8, 4) is 0 Å². The molecule has 2 rings (SSSR count). The number of rotatable bonds is 7. The zero-order valence-corrected chi connectivity index (χ0v) is 12.7. The summed E-state index contributed by atoms with van der Waals surface area (Å²) < 4.78 is 0. The maximum atomic E-state index is 6.28. The Morgan fingerprint density at radius 1 is 1.47 bits per heavy atom. The van der Waals surface area contributed by atoms with Crippen molar-refractivity contribution in [3.63, 3.8) is 0 Å². The summed E-state index contributed by atoms with van der Waals surface area (Å²) in [5, 5.41) is 3.80. The monoisotopic (exact) mass is 282 g/mol. The summed E-state index contributed by atoms with van der Waals surface area (Å²) in [6, 6.07) is 0.612. The van der Waals surface area contributed by atoms with Gasteiger partial charge in [-0.25, -0.2) is 4.98 Å². The van der Waals surface area contributed by atoms with Gasteiger partial charge >= 0.3 is 0 Å². The van der Waals surface area contributed by atoms with Gasteiger partial charge in [-0.3, -0.25) is 0 Å². The summed E-state index contributed by atoms with van der Waals surface area (Å²) in [5.41, 5.74) is 0. The van der Waals surface area contributed by atoms with Crippen molar-refractivity contribution in [1.82, 2.24) is 9.97 Å². The fourth-order valence-electron chi connectivity index (χ4n) is 2.05. The number of aromatic nitrogens is 2. The maximum Gasteiger partial charge on any atom is 0.224 e. The zero-order valence-electron chi connectivity index (χ0n) is 12.0. The highest BCUT2D eigenvalue weighted by molar-refractivity contribution is 6.32. The average Bonchev–Trinajstić information content (AvgIpc) is 3.17. The molecule has 0 unspecified atom stereocenters. The predicted molar refractivity (Wildman–Crippen MR) is 81.0 cm³/mol. The minimum absolute atomic E-state index is 0.612. The molecule has 1 fully saturated rings. The van der Waals surface area contributed by atoms with Crippen molar-refractivity contribution in [3.05, 3.63) is 11.2 Å². The van der Waals surface area contributed by atoms with Gasteiger partial charge in [-0.2, -0.15) is 4.98 Å². The number of nitrogens with one attached hydrogen (secondary N) is 1. The molecule has 1 aromatic heterocycles. The molecule has 5 heteroatoms. The highest BCUT2D eigenvalue weighted by atomic mass is 35.5. The molecule has 0 atom stereocenters. The van der Waals surface area contributed by atoms with Crippen molar-refractivity contribution in [2.75, 3.05) is 23.3 Å². The molecule has 0 saturated heterocycles. The van der Waals surface area contributed by atoms with E-state index < -0.39 is 0 Å². The molecular weight excluding hydrogens is 260 g/mol. The number of nitrogens with zero attached hydrogens (tertiary/aromatic N) is 3. The summed E-state index contributed by atoms with van der Waals surface area (Å²) in [6.07, 6.45) is 5.35. The van der Waals surface area contributed by atoms with Crippen molar-refractivity contribution >= 4 is 23.4 Å². The standard InChI is InChI=1S/C14H23ClN4/c1-4-16-14-17-9-12(15)13(18-14)19(11-5-6-11)8-7-10(2)3/h9-11H,4-8H2,1-3H3,(H,16,17,18). The summed E-state index contributed by atoms with van der Waals surface area (Å²) >= 11 is 6.28. The third-order valence-electron chi connectivity index (χ3n) is 3.27. The van der Waals surface area contributed by atoms with Crippen molar-refractivity contribution in [2.45, 2.75) is 46.1 Å². The first-order valence-electron chi connectivity index (χ1n) is 7.14. The van der Waals surface area contributed by atoms with Gasteiger partial charge in [-0.05, 0) is 32.1 Å². The van der Waals surface area contributed by atoms with Gasteiger partial charge in [0.05, 0.1) is 6.20 Å². The molecule has 0 spiro atoms. The molecule has 1 N–H and O–H groups in total. The van der Waals surface area contributed by atoms with Crippen LogP contribution in [0.25, 0.3) is 0 Å². The quantitative estimate of drug-likeness (QED) is 0.830. The Kier molecular flexibility index (Phi) is 4.86. The number of anilines is 2. The van der Waals surface area contributed by atoms with E-state index in [1.54, 1.807) is 6.20 Å². The van der Waals surface area contributed by atoms with Gasteiger partial charge in [0.15, 0.2) is 5.82 Å². The van der Waals surface area contributed by atoms with Gasteiger partial charge < -0.3 is 10.2 Å². The largest absolute Gasteiger partial charge is 0.354 e. The van der Waals surface area contributed by atoms with Gasteiger partial charge in [0.2, 0.25) is 5.95 Å². The Labute approximate surface area is 120 Å². The van der Waals surface area contributed by atoms with Crippen LogP contribution < -0.4 is 10.2 Å². The van der Waals surface area contributed by atoms with Crippen LogP contribution in [0.15, 0.2) is 6.20 Å². The molecule has 1 aliphatic rings. The first-order chi connectivity index (χ1) is 9.11. The number of halogens is 1. The van der Waals surface area contributed by atoms with E-state index in [-0.39, 0.29) is 0 Å². The molecular formula is C14H23ClN4. The summed E-state index contributed by atoms with van der Waals surface area (Å²) in [7, 11) is 0. The SMILES string of the molecule is CCNc1ncc(Cl)c(N(CCC(C)C)C2CC2)n1. The third-order valence-corrected chi connectivity index (χ3v) is 3.53. The van der Waals surface area contributed by atoms with Crippen LogP contribution in [0.1, 0.15) is 40.0 Å². The van der Waals surface area contributed by atoms with Crippen LogP contribution in [0.5, 0.6) is 0 Å². The molecule has 106 valence electrons. The van der Waals surface area contributed by atoms with Crippen LogP contribution in [-0.2, 0) is 0 Å². The topological polar surface area (TPSA) is 41.1 Å². The van der Waals surface area contributed by atoms with E-state index in [1.807, 2.05) is 6.92 Å². The second kappa shape index (κ2) is 6.42. The summed E-state index contributed by atoms with van der Waals surface area (Å²) in [6.45, 7) is 8.36. The molecule has 0 aromatic carbocycles. The fourth-order valence-corrected chi connectivity index (χ4v) is 2.25. The Morgan fingerprint density at radius 2 is 2.21 bits per heavy atom. The second-order valence-corrected chi connectivity index (χ2v) is 5.91. The Balaban J connectivity index is 2.17. The van der Waals surface area contributed by atoms with E-state index >= 15 is 0 Å². The highest BCUT2D eigenvalue weighted by Crippen LogP contribution is 2.35. The smallest absolute Gasteiger partial charge is 0.224 e. The first-order valence-corrected chi connectivity index (χ1v) is 7.52. The normalized spacial score (nSPS) is 14.8. The van der Waals surface area contributed by atoms with Crippen LogP contribution in [0.4, 0.5) is 11.8 Å². The van der Waals surface area contributed by atoms with Crippen LogP contribution in [0.3, 0.4) is 0 Å². The average molecular weight is 283 g/mol. The van der Waals surface area contributed by atoms with E-state index in [0.29, 0.717) is 22.9 Å². The van der Waals surface area contributed by atoms with Gasteiger partial charge in [-0.1, -0.05) is 25.4 Å².